The van der Waals surface area contributed by atoms with Gasteiger partial charge in [0.25, 0.3) is 0 Å². The Hall–Kier alpha value is -1.42. The molecule has 1 aliphatic heterocycles. The van der Waals surface area contributed by atoms with Gasteiger partial charge in [0.2, 0.25) is 5.82 Å². The van der Waals surface area contributed by atoms with E-state index in [1.54, 1.807) is 12.1 Å². The van der Waals surface area contributed by atoms with Gasteiger partial charge in [-0.25, -0.2) is 4.39 Å². The van der Waals surface area contributed by atoms with Crippen LogP contribution in [0.1, 0.15) is 83.1 Å². The van der Waals surface area contributed by atoms with Gasteiger partial charge in [0.05, 0.1) is 12.7 Å². The Bertz CT molecular complexity index is 657. The Balaban J connectivity index is 1.49. The maximum absolute atomic E-state index is 14.6. The monoisotopic (exact) mass is 406 g/mol. The molecule has 29 heavy (non-hydrogen) atoms. The number of halogens is 2. The molecule has 2 atom stereocenters. The quantitative estimate of drug-likeness (QED) is 0.426. The summed E-state index contributed by atoms with van der Waals surface area (Å²) < 4.78 is 40.5. The van der Waals surface area contributed by atoms with Gasteiger partial charge in [0.15, 0.2) is 11.6 Å². The number of rotatable bonds is 8. The number of hydrogen-bond acceptors (Lipinski definition) is 2. The standard InChI is InChI=1S/C25H36F2O2/c1-3-5-6-7-18-8-14-22(29-17-18)20-11-9-19(10-12-20)21-13-15-23(28-16-4-2)25(27)24(21)26/h3,5,13,15,18-20,22H,4,6-12,14,16-17H2,1-2H3. The molecule has 1 heterocycles. The van der Waals surface area contributed by atoms with Crippen molar-refractivity contribution < 1.29 is 18.3 Å². The summed E-state index contributed by atoms with van der Waals surface area (Å²) in [6.45, 7) is 5.29. The summed E-state index contributed by atoms with van der Waals surface area (Å²) in [5, 5.41) is 0. The van der Waals surface area contributed by atoms with Crippen molar-refractivity contribution in [3.8, 4) is 5.75 Å². The predicted octanol–water partition coefficient (Wildman–Crippen LogP) is 7.18. The second-order valence-electron chi connectivity index (χ2n) is 8.70. The number of hydrogen-bond donors (Lipinski definition) is 0. The fourth-order valence-corrected chi connectivity index (χ4v) is 4.91. The van der Waals surface area contributed by atoms with Crippen LogP contribution in [-0.2, 0) is 4.74 Å². The lowest BCUT2D eigenvalue weighted by Crippen LogP contribution is -2.34. The minimum atomic E-state index is -0.836. The van der Waals surface area contributed by atoms with Crippen LogP contribution >= 0.6 is 0 Å². The summed E-state index contributed by atoms with van der Waals surface area (Å²) in [7, 11) is 0. The fraction of sp³-hybridized carbons (Fsp3) is 0.680. The molecule has 1 saturated heterocycles. The van der Waals surface area contributed by atoms with Gasteiger partial charge in [0, 0.05) is 6.61 Å². The summed E-state index contributed by atoms with van der Waals surface area (Å²) >= 11 is 0. The van der Waals surface area contributed by atoms with Crippen LogP contribution in [0, 0.1) is 23.5 Å². The molecule has 2 fully saturated rings. The lowest BCUT2D eigenvalue weighted by molar-refractivity contribution is -0.0573. The minimum Gasteiger partial charge on any atom is -0.490 e. The van der Waals surface area contributed by atoms with Crippen molar-refractivity contribution in [1.29, 1.82) is 0 Å². The molecule has 1 aromatic rings. The summed E-state index contributed by atoms with van der Waals surface area (Å²) in [5.74, 6) is -0.191. The lowest BCUT2D eigenvalue weighted by Gasteiger charge is -2.38. The molecule has 162 valence electrons. The van der Waals surface area contributed by atoms with Gasteiger partial charge >= 0.3 is 0 Å². The molecule has 0 N–H and O–H groups in total. The van der Waals surface area contributed by atoms with Crippen LogP contribution in [0.3, 0.4) is 0 Å². The number of benzene rings is 1. The number of ether oxygens (including phenoxy) is 2. The Morgan fingerprint density at radius 2 is 1.86 bits per heavy atom. The molecule has 2 nitrogen and oxygen atoms in total. The average Bonchev–Trinajstić information content (AvgIpc) is 2.76. The highest BCUT2D eigenvalue weighted by Crippen LogP contribution is 2.42. The maximum Gasteiger partial charge on any atom is 0.200 e. The second-order valence-corrected chi connectivity index (χ2v) is 8.70. The van der Waals surface area contributed by atoms with Crippen LogP contribution in [0.2, 0.25) is 0 Å². The SMILES string of the molecule is CC=CCCC1CCC(C2CCC(c3ccc(OCCC)c(F)c3F)CC2)OC1. The molecule has 3 rings (SSSR count). The fourth-order valence-electron chi connectivity index (χ4n) is 4.91. The summed E-state index contributed by atoms with van der Waals surface area (Å²) in [6, 6.07) is 3.31. The van der Waals surface area contributed by atoms with Crippen LogP contribution < -0.4 is 4.74 Å². The van der Waals surface area contributed by atoms with Crippen LogP contribution in [0.4, 0.5) is 8.78 Å². The van der Waals surface area contributed by atoms with Gasteiger partial charge in [0.1, 0.15) is 0 Å². The molecule has 2 unspecified atom stereocenters. The summed E-state index contributed by atoms with van der Waals surface area (Å²) in [6.07, 6.45) is 14.1. The molecule has 0 spiro atoms. The topological polar surface area (TPSA) is 18.5 Å². The Labute approximate surface area is 174 Å². The van der Waals surface area contributed by atoms with E-state index in [0.717, 1.165) is 51.6 Å². The smallest absolute Gasteiger partial charge is 0.200 e. The molecule has 1 aromatic carbocycles. The van der Waals surface area contributed by atoms with E-state index in [1.807, 2.05) is 6.92 Å². The van der Waals surface area contributed by atoms with Crippen molar-refractivity contribution in [3.05, 3.63) is 41.5 Å². The van der Waals surface area contributed by atoms with Gasteiger partial charge in [-0.15, -0.1) is 0 Å². The molecule has 2 aliphatic rings. The first-order chi connectivity index (χ1) is 14.1. The van der Waals surface area contributed by atoms with Crippen molar-refractivity contribution >= 4 is 0 Å². The van der Waals surface area contributed by atoms with E-state index in [-0.39, 0.29) is 11.7 Å². The zero-order chi connectivity index (χ0) is 20.6. The molecule has 0 aromatic heterocycles. The third-order valence-electron chi connectivity index (χ3n) is 6.66. The molecular formula is C25H36F2O2. The molecule has 0 radical (unpaired) electrons. The first kappa shape index (κ1) is 22.3. The summed E-state index contributed by atoms with van der Waals surface area (Å²) in [4.78, 5) is 0. The Morgan fingerprint density at radius 1 is 1.07 bits per heavy atom. The van der Waals surface area contributed by atoms with E-state index in [9.17, 15) is 8.78 Å². The summed E-state index contributed by atoms with van der Waals surface area (Å²) in [5.41, 5.74) is 0.512. The number of allylic oxidation sites excluding steroid dienone is 2. The minimum absolute atomic E-state index is 0.0290. The highest BCUT2D eigenvalue weighted by atomic mass is 19.2. The van der Waals surface area contributed by atoms with Gasteiger partial charge in [-0.1, -0.05) is 25.1 Å². The molecular weight excluding hydrogens is 370 g/mol. The van der Waals surface area contributed by atoms with Gasteiger partial charge < -0.3 is 9.47 Å². The van der Waals surface area contributed by atoms with E-state index in [1.165, 1.54) is 12.8 Å². The van der Waals surface area contributed by atoms with E-state index in [4.69, 9.17) is 9.47 Å². The van der Waals surface area contributed by atoms with Crippen LogP contribution in [0.15, 0.2) is 24.3 Å². The van der Waals surface area contributed by atoms with Crippen molar-refractivity contribution in [1.82, 2.24) is 0 Å². The van der Waals surface area contributed by atoms with Gasteiger partial charge in [-0.3, -0.25) is 0 Å². The zero-order valence-electron chi connectivity index (χ0n) is 18.0. The highest BCUT2D eigenvalue weighted by Gasteiger charge is 2.33. The first-order valence-corrected chi connectivity index (χ1v) is 11.5. The van der Waals surface area contributed by atoms with Crippen LogP contribution in [-0.4, -0.2) is 19.3 Å². The molecule has 1 saturated carbocycles. The van der Waals surface area contributed by atoms with Crippen molar-refractivity contribution in [2.45, 2.75) is 83.7 Å². The van der Waals surface area contributed by atoms with E-state index in [2.05, 4.69) is 19.1 Å². The average molecular weight is 407 g/mol. The Morgan fingerprint density at radius 3 is 2.52 bits per heavy atom. The van der Waals surface area contributed by atoms with Crippen molar-refractivity contribution in [3.63, 3.8) is 0 Å². The normalized spacial score (nSPS) is 28.0. The molecule has 0 bridgehead atoms. The van der Waals surface area contributed by atoms with Crippen molar-refractivity contribution in [2.24, 2.45) is 11.8 Å². The molecule has 4 heteroatoms. The third kappa shape index (κ3) is 5.81. The molecule has 1 aliphatic carbocycles. The van der Waals surface area contributed by atoms with E-state index in [0.29, 0.717) is 30.1 Å². The Kier molecular flexibility index (Phi) is 8.53. The lowest BCUT2D eigenvalue weighted by atomic mass is 9.75. The largest absolute Gasteiger partial charge is 0.490 e. The highest BCUT2D eigenvalue weighted by molar-refractivity contribution is 5.33. The first-order valence-electron chi connectivity index (χ1n) is 11.5. The van der Waals surface area contributed by atoms with E-state index < -0.39 is 11.6 Å². The molecule has 0 amide bonds. The third-order valence-corrected chi connectivity index (χ3v) is 6.66. The van der Waals surface area contributed by atoms with Crippen LogP contribution in [0.5, 0.6) is 5.75 Å². The van der Waals surface area contributed by atoms with Crippen LogP contribution in [0.25, 0.3) is 0 Å². The zero-order valence-corrected chi connectivity index (χ0v) is 18.0. The van der Waals surface area contributed by atoms with Gasteiger partial charge in [-0.05, 0) is 94.1 Å². The van der Waals surface area contributed by atoms with Gasteiger partial charge in [-0.2, -0.15) is 4.39 Å². The maximum atomic E-state index is 14.6. The van der Waals surface area contributed by atoms with E-state index >= 15 is 0 Å². The predicted molar refractivity (Wildman–Crippen MR) is 113 cm³/mol. The second kappa shape index (κ2) is 11.1. The van der Waals surface area contributed by atoms with Crippen molar-refractivity contribution in [2.75, 3.05) is 13.2 Å².